The van der Waals surface area contributed by atoms with Crippen LogP contribution in [-0.4, -0.2) is 15.9 Å². The average Bonchev–Trinajstić information content (AvgIpc) is 2.60. The summed E-state index contributed by atoms with van der Waals surface area (Å²) < 4.78 is 13.8. The standard InChI is InChI=1S/C20H20FN5O/c1-13-23-19(22-12-15-6-3-4-9-18(15)21)11-20(24-13)26-17-8-5-7-16(10-17)25-14(2)27/h3-11H,12H2,1-2H3,(H,25,27)(H2,22,23,24,26). The second-order valence-corrected chi connectivity index (χ2v) is 6.02. The predicted octanol–water partition coefficient (Wildman–Crippen LogP) is 4.24. The van der Waals surface area contributed by atoms with Gasteiger partial charge >= 0.3 is 0 Å². The van der Waals surface area contributed by atoms with Crippen molar-refractivity contribution >= 4 is 28.9 Å². The SMILES string of the molecule is CC(=O)Nc1cccc(Nc2cc(NCc3ccccc3F)nc(C)n2)c1. The minimum atomic E-state index is -0.260. The van der Waals surface area contributed by atoms with E-state index in [4.69, 9.17) is 0 Å². The molecular weight excluding hydrogens is 345 g/mol. The first-order valence-electron chi connectivity index (χ1n) is 8.47. The molecule has 0 aliphatic heterocycles. The molecule has 0 radical (unpaired) electrons. The summed E-state index contributed by atoms with van der Waals surface area (Å²) in [5, 5.41) is 9.05. The van der Waals surface area contributed by atoms with Gasteiger partial charge in [-0.1, -0.05) is 24.3 Å². The highest BCUT2D eigenvalue weighted by Gasteiger charge is 2.05. The van der Waals surface area contributed by atoms with Gasteiger partial charge in [0.2, 0.25) is 5.91 Å². The number of hydrogen-bond acceptors (Lipinski definition) is 5. The molecule has 0 saturated heterocycles. The Kier molecular flexibility index (Phi) is 5.61. The molecule has 7 heteroatoms. The van der Waals surface area contributed by atoms with Gasteiger partial charge in [-0.2, -0.15) is 0 Å². The quantitative estimate of drug-likeness (QED) is 0.609. The second-order valence-electron chi connectivity index (χ2n) is 6.02. The molecule has 0 saturated carbocycles. The van der Waals surface area contributed by atoms with Gasteiger partial charge in [-0.25, -0.2) is 14.4 Å². The van der Waals surface area contributed by atoms with Crippen molar-refractivity contribution in [1.29, 1.82) is 0 Å². The molecule has 6 nitrogen and oxygen atoms in total. The van der Waals surface area contributed by atoms with Crippen molar-refractivity contribution in [1.82, 2.24) is 9.97 Å². The molecule has 0 spiro atoms. The Balaban J connectivity index is 1.73. The van der Waals surface area contributed by atoms with E-state index >= 15 is 0 Å². The van der Waals surface area contributed by atoms with Crippen molar-refractivity contribution in [2.45, 2.75) is 20.4 Å². The summed E-state index contributed by atoms with van der Waals surface area (Å²) in [6, 6.07) is 15.7. The minimum absolute atomic E-state index is 0.135. The van der Waals surface area contributed by atoms with Crippen LogP contribution in [0.2, 0.25) is 0 Å². The molecule has 0 unspecified atom stereocenters. The van der Waals surface area contributed by atoms with E-state index in [0.717, 1.165) is 5.69 Å². The van der Waals surface area contributed by atoms with Gasteiger partial charge in [-0.3, -0.25) is 4.79 Å². The molecule has 0 bridgehead atoms. The molecule has 27 heavy (non-hydrogen) atoms. The Hall–Kier alpha value is -3.48. The van der Waals surface area contributed by atoms with E-state index in [1.807, 2.05) is 18.2 Å². The average molecular weight is 365 g/mol. The zero-order valence-corrected chi connectivity index (χ0v) is 15.1. The van der Waals surface area contributed by atoms with Crippen molar-refractivity contribution in [3.05, 3.63) is 71.8 Å². The van der Waals surface area contributed by atoms with Crippen LogP contribution in [0.3, 0.4) is 0 Å². The maximum absolute atomic E-state index is 13.8. The van der Waals surface area contributed by atoms with E-state index in [-0.39, 0.29) is 11.7 Å². The number of aromatic nitrogens is 2. The number of rotatable bonds is 6. The monoisotopic (exact) mass is 365 g/mol. The Morgan fingerprint density at radius 1 is 1.00 bits per heavy atom. The number of amides is 1. The molecule has 3 aromatic rings. The van der Waals surface area contributed by atoms with E-state index in [1.165, 1.54) is 13.0 Å². The van der Waals surface area contributed by atoms with Gasteiger partial charge in [0.25, 0.3) is 0 Å². The molecule has 3 N–H and O–H groups in total. The fourth-order valence-corrected chi connectivity index (χ4v) is 2.58. The second kappa shape index (κ2) is 8.27. The number of nitrogens with zero attached hydrogens (tertiary/aromatic N) is 2. The summed E-state index contributed by atoms with van der Waals surface area (Å²) >= 11 is 0. The number of aryl methyl sites for hydroxylation is 1. The Morgan fingerprint density at radius 3 is 2.52 bits per heavy atom. The van der Waals surface area contributed by atoms with Gasteiger partial charge in [0.05, 0.1) is 0 Å². The molecule has 0 atom stereocenters. The number of carbonyl (C=O) groups is 1. The molecule has 1 amide bonds. The lowest BCUT2D eigenvalue weighted by molar-refractivity contribution is -0.114. The molecule has 3 rings (SSSR count). The highest BCUT2D eigenvalue weighted by Crippen LogP contribution is 2.21. The summed E-state index contributed by atoms with van der Waals surface area (Å²) in [6.07, 6.45) is 0. The molecule has 1 heterocycles. The van der Waals surface area contributed by atoms with E-state index in [9.17, 15) is 9.18 Å². The van der Waals surface area contributed by atoms with Crippen LogP contribution in [-0.2, 0) is 11.3 Å². The summed E-state index contributed by atoms with van der Waals surface area (Å²) in [7, 11) is 0. The highest BCUT2D eigenvalue weighted by molar-refractivity contribution is 5.89. The van der Waals surface area contributed by atoms with Crippen molar-refractivity contribution in [2.75, 3.05) is 16.0 Å². The fraction of sp³-hybridized carbons (Fsp3) is 0.150. The third-order valence-corrected chi connectivity index (χ3v) is 3.71. The first kappa shape index (κ1) is 18.3. The van der Waals surface area contributed by atoms with E-state index in [1.54, 1.807) is 37.3 Å². The van der Waals surface area contributed by atoms with Gasteiger partial charge in [0.1, 0.15) is 23.3 Å². The molecular formula is C20H20FN5O. The van der Waals surface area contributed by atoms with Crippen molar-refractivity contribution in [3.63, 3.8) is 0 Å². The van der Waals surface area contributed by atoms with Crippen LogP contribution in [0.1, 0.15) is 18.3 Å². The van der Waals surface area contributed by atoms with Crippen LogP contribution in [0.4, 0.5) is 27.4 Å². The van der Waals surface area contributed by atoms with Crippen LogP contribution in [0.5, 0.6) is 0 Å². The van der Waals surface area contributed by atoms with Crippen LogP contribution < -0.4 is 16.0 Å². The predicted molar refractivity (Wildman–Crippen MR) is 105 cm³/mol. The lowest BCUT2D eigenvalue weighted by Crippen LogP contribution is -2.07. The van der Waals surface area contributed by atoms with Gasteiger partial charge in [-0.05, 0) is 31.2 Å². The maximum Gasteiger partial charge on any atom is 0.221 e. The molecule has 0 fully saturated rings. The molecule has 0 aliphatic rings. The number of anilines is 4. The summed E-state index contributed by atoms with van der Waals surface area (Å²) in [6.45, 7) is 3.56. The first-order valence-corrected chi connectivity index (χ1v) is 8.47. The number of hydrogen-bond donors (Lipinski definition) is 3. The third-order valence-electron chi connectivity index (χ3n) is 3.71. The Labute approximate surface area is 156 Å². The smallest absolute Gasteiger partial charge is 0.221 e. The number of benzene rings is 2. The van der Waals surface area contributed by atoms with E-state index in [2.05, 4.69) is 25.9 Å². The zero-order valence-electron chi connectivity index (χ0n) is 15.1. The lowest BCUT2D eigenvalue weighted by Gasteiger charge is -2.11. The Bertz CT molecular complexity index is 961. The largest absolute Gasteiger partial charge is 0.366 e. The number of halogens is 1. The van der Waals surface area contributed by atoms with E-state index < -0.39 is 0 Å². The normalized spacial score (nSPS) is 10.3. The Morgan fingerprint density at radius 2 is 1.74 bits per heavy atom. The van der Waals surface area contributed by atoms with Crippen LogP contribution in [0.15, 0.2) is 54.6 Å². The molecule has 0 aliphatic carbocycles. The maximum atomic E-state index is 13.8. The van der Waals surface area contributed by atoms with Gasteiger partial charge in [0, 0.05) is 36.5 Å². The fourth-order valence-electron chi connectivity index (χ4n) is 2.58. The molecule has 2 aromatic carbocycles. The summed E-state index contributed by atoms with van der Waals surface area (Å²) in [5.74, 6) is 1.37. The van der Waals surface area contributed by atoms with E-state index in [0.29, 0.717) is 35.3 Å². The van der Waals surface area contributed by atoms with Crippen molar-refractivity contribution in [3.8, 4) is 0 Å². The van der Waals surface area contributed by atoms with Gasteiger partial charge in [-0.15, -0.1) is 0 Å². The van der Waals surface area contributed by atoms with Gasteiger partial charge < -0.3 is 16.0 Å². The van der Waals surface area contributed by atoms with Gasteiger partial charge in [0.15, 0.2) is 0 Å². The van der Waals surface area contributed by atoms with Crippen LogP contribution in [0, 0.1) is 12.7 Å². The topological polar surface area (TPSA) is 78.9 Å². The van der Waals surface area contributed by atoms with Crippen LogP contribution in [0.25, 0.3) is 0 Å². The van der Waals surface area contributed by atoms with Crippen LogP contribution >= 0.6 is 0 Å². The summed E-state index contributed by atoms with van der Waals surface area (Å²) in [4.78, 5) is 19.9. The lowest BCUT2D eigenvalue weighted by atomic mass is 10.2. The minimum Gasteiger partial charge on any atom is -0.366 e. The third kappa shape index (κ3) is 5.24. The molecule has 138 valence electrons. The summed E-state index contributed by atoms with van der Waals surface area (Å²) in [5.41, 5.74) is 2.03. The molecule has 1 aromatic heterocycles. The van der Waals surface area contributed by atoms with Crippen molar-refractivity contribution in [2.24, 2.45) is 0 Å². The highest BCUT2D eigenvalue weighted by atomic mass is 19.1. The number of nitrogens with one attached hydrogen (secondary N) is 3. The van der Waals surface area contributed by atoms with Crippen molar-refractivity contribution < 1.29 is 9.18 Å². The zero-order chi connectivity index (χ0) is 19.2. The number of carbonyl (C=O) groups excluding carboxylic acids is 1. The first-order chi connectivity index (χ1) is 13.0.